The molecule has 0 spiro atoms. The maximum Gasteiger partial charge on any atom is 0.264 e. The number of unbranched alkanes of at least 4 members (excludes halogenated alkanes) is 1. The molecule has 0 aromatic heterocycles. The number of para-hydroxylation sites is 1. The van der Waals surface area contributed by atoms with Crippen LogP contribution in [0.3, 0.4) is 0 Å². The zero-order valence-corrected chi connectivity index (χ0v) is 26.8. The summed E-state index contributed by atoms with van der Waals surface area (Å²) in [6.07, 6.45) is 1.90. The number of hydrogen-bond donors (Lipinski definition) is 1. The van der Waals surface area contributed by atoms with Gasteiger partial charge in [-0.25, -0.2) is 12.8 Å². The van der Waals surface area contributed by atoms with E-state index in [9.17, 15) is 22.4 Å². The van der Waals surface area contributed by atoms with Crippen LogP contribution in [-0.4, -0.2) is 44.3 Å². The van der Waals surface area contributed by atoms with E-state index >= 15 is 0 Å². The predicted molar refractivity (Wildman–Crippen MR) is 174 cm³/mol. The van der Waals surface area contributed by atoms with Gasteiger partial charge in [-0.05, 0) is 66.1 Å². The van der Waals surface area contributed by atoms with E-state index in [-0.39, 0.29) is 29.5 Å². The van der Waals surface area contributed by atoms with Crippen molar-refractivity contribution in [3.05, 3.63) is 131 Å². The number of amides is 2. The van der Waals surface area contributed by atoms with Crippen molar-refractivity contribution < 1.29 is 22.4 Å². The van der Waals surface area contributed by atoms with Crippen LogP contribution in [0.4, 0.5) is 10.1 Å². The second-order valence-electron chi connectivity index (χ2n) is 10.3. The Kier molecular flexibility index (Phi) is 11.7. The molecule has 10 heteroatoms. The number of rotatable bonds is 14. The highest BCUT2D eigenvalue weighted by Crippen LogP contribution is 2.25. The Balaban J connectivity index is 1.77. The fraction of sp³-hybridized carbons (Fsp3) is 0.235. The quantitative estimate of drug-likeness (QED) is 0.158. The first kappa shape index (κ1) is 32.9. The highest BCUT2D eigenvalue weighted by molar-refractivity contribution is 9.10. The minimum atomic E-state index is -4.29. The SMILES string of the molecule is CCCCNC(=O)C(Cc1ccccc1)N(Cc1cccc(Br)c1)C(=O)CN(c1ccccc1)S(=O)(=O)c1ccc(F)cc1. The van der Waals surface area contributed by atoms with Gasteiger partial charge in [0.1, 0.15) is 18.4 Å². The normalized spacial score (nSPS) is 11.9. The molecule has 4 aromatic carbocycles. The molecular weight excluding hydrogens is 645 g/mol. The number of hydrogen-bond acceptors (Lipinski definition) is 4. The maximum absolute atomic E-state index is 14.4. The van der Waals surface area contributed by atoms with Gasteiger partial charge in [0.25, 0.3) is 10.0 Å². The van der Waals surface area contributed by atoms with Gasteiger partial charge >= 0.3 is 0 Å². The van der Waals surface area contributed by atoms with Crippen LogP contribution in [0.2, 0.25) is 0 Å². The van der Waals surface area contributed by atoms with E-state index in [1.54, 1.807) is 30.3 Å². The standard InChI is InChI=1S/C34H35BrFN3O4S/c1-2-3-21-37-34(41)32(23-26-11-6-4-7-12-26)38(24-27-13-10-14-28(35)22-27)33(40)25-39(30-15-8-5-9-16-30)44(42,43)31-19-17-29(36)18-20-31/h4-20,22,32H,2-3,21,23-25H2,1H3,(H,37,41). The molecule has 44 heavy (non-hydrogen) atoms. The average molecular weight is 681 g/mol. The molecule has 0 aliphatic carbocycles. The Hall–Kier alpha value is -4.02. The molecule has 4 aromatic rings. The lowest BCUT2D eigenvalue weighted by Crippen LogP contribution is -2.53. The number of sulfonamides is 1. The summed E-state index contributed by atoms with van der Waals surface area (Å²) in [6.45, 7) is 1.96. The van der Waals surface area contributed by atoms with Crippen LogP contribution in [0.15, 0.2) is 119 Å². The summed E-state index contributed by atoms with van der Waals surface area (Å²) in [7, 11) is -4.29. The van der Waals surface area contributed by atoms with Gasteiger partial charge < -0.3 is 10.2 Å². The number of carbonyl (C=O) groups is 2. The van der Waals surface area contributed by atoms with Crippen molar-refractivity contribution in [1.29, 1.82) is 0 Å². The van der Waals surface area contributed by atoms with Crippen molar-refractivity contribution >= 4 is 43.5 Å². The van der Waals surface area contributed by atoms with E-state index in [1.807, 2.05) is 61.5 Å². The van der Waals surface area contributed by atoms with E-state index in [0.717, 1.165) is 44.9 Å². The van der Waals surface area contributed by atoms with Gasteiger partial charge in [0.2, 0.25) is 11.8 Å². The monoisotopic (exact) mass is 679 g/mol. The van der Waals surface area contributed by atoms with Crippen LogP contribution in [-0.2, 0) is 32.6 Å². The summed E-state index contributed by atoms with van der Waals surface area (Å²) in [5.41, 5.74) is 1.88. The summed E-state index contributed by atoms with van der Waals surface area (Å²) in [4.78, 5) is 29.4. The Morgan fingerprint density at radius 2 is 1.50 bits per heavy atom. The third-order valence-corrected chi connectivity index (χ3v) is 9.35. The van der Waals surface area contributed by atoms with Crippen LogP contribution < -0.4 is 9.62 Å². The maximum atomic E-state index is 14.4. The predicted octanol–water partition coefficient (Wildman–Crippen LogP) is 6.34. The van der Waals surface area contributed by atoms with Crippen molar-refractivity contribution in [1.82, 2.24) is 10.2 Å². The summed E-state index contributed by atoms with van der Waals surface area (Å²) in [5, 5.41) is 2.97. The fourth-order valence-electron chi connectivity index (χ4n) is 4.75. The van der Waals surface area contributed by atoms with Gasteiger partial charge in [-0.3, -0.25) is 13.9 Å². The van der Waals surface area contributed by atoms with Crippen molar-refractivity contribution in [2.75, 3.05) is 17.4 Å². The summed E-state index contributed by atoms with van der Waals surface area (Å²) in [6, 6.07) is 28.6. The van der Waals surface area contributed by atoms with Crippen LogP contribution in [0.1, 0.15) is 30.9 Å². The summed E-state index contributed by atoms with van der Waals surface area (Å²) < 4.78 is 43.3. The van der Waals surface area contributed by atoms with E-state index in [0.29, 0.717) is 6.54 Å². The Morgan fingerprint density at radius 3 is 2.14 bits per heavy atom. The van der Waals surface area contributed by atoms with Crippen molar-refractivity contribution in [3.63, 3.8) is 0 Å². The number of benzene rings is 4. The Bertz CT molecular complexity index is 1640. The number of anilines is 1. The van der Waals surface area contributed by atoms with Gasteiger partial charge in [-0.2, -0.15) is 0 Å². The van der Waals surface area contributed by atoms with E-state index in [1.165, 1.54) is 17.0 Å². The van der Waals surface area contributed by atoms with Gasteiger partial charge in [-0.1, -0.05) is 89.9 Å². The molecule has 0 bridgehead atoms. The molecule has 4 rings (SSSR count). The second kappa shape index (κ2) is 15.6. The van der Waals surface area contributed by atoms with Gasteiger partial charge in [0.05, 0.1) is 10.6 Å². The van der Waals surface area contributed by atoms with Gasteiger partial charge in [-0.15, -0.1) is 0 Å². The number of nitrogens with one attached hydrogen (secondary N) is 1. The first-order valence-electron chi connectivity index (χ1n) is 14.4. The topological polar surface area (TPSA) is 86.8 Å². The molecule has 2 amide bonds. The van der Waals surface area contributed by atoms with Crippen LogP contribution in [0.5, 0.6) is 0 Å². The first-order valence-corrected chi connectivity index (χ1v) is 16.6. The van der Waals surface area contributed by atoms with Crippen LogP contribution >= 0.6 is 15.9 Å². The van der Waals surface area contributed by atoms with Crippen molar-refractivity contribution in [2.24, 2.45) is 0 Å². The molecule has 0 aliphatic heterocycles. The highest BCUT2D eigenvalue weighted by atomic mass is 79.9. The lowest BCUT2D eigenvalue weighted by Gasteiger charge is -2.34. The lowest BCUT2D eigenvalue weighted by atomic mass is 10.0. The van der Waals surface area contributed by atoms with Crippen molar-refractivity contribution in [3.8, 4) is 0 Å². The highest BCUT2D eigenvalue weighted by Gasteiger charge is 2.34. The molecule has 0 saturated heterocycles. The lowest BCUT2D eigenvalue weighted by molar-refractivity contribution is -0.140. The number of nitrogens with zero attached hydrogens (tertiary/aromatic N) is 2. The third-order valence-electron chi connectivity index (χ3n) is 7.07. The molecule has 0 heterocycles. The van der Waals surface area contributed by atoms with Gasteiger partial charge in [0.15, 0.2) is 0 Å². The van der Waals surface area contributed by atoms with E-state index < -0.39 is 34.3 Å². The first-order chi connectivity index (χ1) is 21.2. The largest absolute Gasteiger partial charge is 0.354 e. The Morgan fingerprint density at radius 1 is 0.864 bits per heavy atom. The molecular formula is C34H35BrFN3O4S. The Labute approximate surface area is 266 Å². The third kappa shape index (κ3) is 8.76. The molecule has 1 atom stereocenters. The minimum absolute atomic E-state index is 0.0657. The second-order valence-corrected chi connectivity index (χ2v) is 13.1. The van der Waals surface area contributed by atoms with E-state index in [4.69, 9.17) is 0 Å². The summed E-state index contributed by atoms with van der Waals surface area (Å²) >= 11 is 3.48. The molecule has 0 saturated carbocycles. The number of halogens is 2. The van der Waals surface area contributed by atoms with Crippen LogP contribution in [0.25, 0.3) is 0 Å². The average Bonchev–Trinajstić information content (AvgIpc) is 3.02. The van der Waals surface area contributed by atoms with Gasteiger partial charge in [0, 0.05) is 24.0 Å². The number of carbonyl (C=O) groups excluding carboxylic acids is 2. The van der Waals surface area contributed by atoms with E-state index in [2.05, 4.69) is 21.2 Å². The molecule has 0 fully saturated rings. The minimum Gasteiger partial charge on any atom is -0.354 e. The van der Waals surface area contributed by atoms with Crippen molar-refractivity contribution in [2.45, 2.75) is 43.7 Å². The molecule has 0 aliphatic rings. The fourth-order valence-corrected chi connectivity index (χ4v) is 6.61. The molecule has 1 N–H and O–H groups in total. The summed E-state index contributed by atoms with van der Waals surface area (Å²) in [5.74, 6) is -1.46. The molecule has 7 nitrogen and oxygen atoms in total. The smallest absolute Gasteiger partial charge is 0.264 e. The zero-order valence-electron chi connectivity index (χ0n) is 24.4. The zero-order chi connectivity index (χ0) is 31.5. The van der Waals surface area contributed by atoms with Crippen LogP contribution in [0, 0.1) is 5.82 Å². The molecule has 230 valence electrons. The molecule has 1 unspecified atom stereocenters. The molecule has 0 radical (unpaired) electrons.